The molecule has 2 aliphatic heterocycles. The van der Waals surface area contributed by atoms with E-state index in [-0.39, 0.29) is 5.91 Å². The van der Waals surface area contributed by atoms with Gasteiger partial charge in [0.15, 0.2) is 5.79 Å². The molecule has 0 aliphatic carbocycles. The van der Waals surface area contributed by atoms with Crippen LogP contribution in [0.2, 0.25) is 5.02 Å². The van der Waals surface area contributed by atoms with Crippen molar-refractivity contribution in [2.75, 3.05) is 31.7 Å². The molecule has 5 nitrogen and oxygen atoms in total. The maximum absolute atomic E-state index is 12.8. The Morgan fingerprint density at radius 1 is 1.22 bits per heavy atom. The van der Waals surface area contributed by atoms with E-state index in [4.69, 9.17) is 26.8 Å². The molecule has 0 radical (unpaired) electrons. The van der Waals surface area contributed by atoms with Crippen molar-refractivity contribution in [1.29, 1.82) is 0 Å². The van der Waals surface area contributed by atoms with E-state index in [2.05, 4.69) is 0 Å². The molecule has 1 amide bonds. The molecule has 2 N–H and O–H groups in total. The van der Waals surface area contributed by atoms with E-state index in [9.17, 15) is 4.79 Å². The molecular formula is C21H21ClN2O3. The molecular weight excluding hydrogens is 364 g/mol. The number of benzene rings is 2. The quantitative estimate of drug-likeness (QED) is 0.820. The van der Waals surface area contributed by atoms with Crippen molar-refractivity contribution < 1.29 is 14.3 Å². The molecule has 4 rings (SSSR count). The molecule has 1 saturated heterocycles. The van der Waals surface area contributed by atoms with Crippen molar-refractivity contribution in [1.82, 2.24) is 0 Å². The number of carbonyl (C=O) groups excluding carboxylic acids is 1. The standard InChI is InChI=1S/C21H21ClN2O3/c1-24-19-7-6-15(21(8-9-23)26-10-11-27-21)13-16(19)17(20(24)25)12-14-4-2-3-5-18(14)22/h2-7,12-13H,8-11,23H2,1H3/b17-12-. The van der Waals surface area contributed by atoms with Crippen LogP contribution in [-0.2, 0) is 20.1 Å². The Labute approximate surface area is 163 Å². The number of nitrogens with zero attached hydrogens (tertiary/aromatic N) is 1. The third kappa shape index (κ3) is 3.07. The second-order valence-corrected chi connectivity index (χ2v) is 7.07. The van der Waals surface area contributed by atoms with Gasteiger partial charge < -0.3 is 20.1 Å². The lowest BCUT2D eigenvalue weighted by Gasteiger charge is -2.28. The summed E-state index contributed by atoms with van der Waals surface area (Å²) in [5, 5.41) is 0.604. The number of carbonyl (C=O) groups is 1. The molecule has 6 heteroatoms. The second-order valence-electron chi connectivity index (χ2n) is 6.66. The Morgan fingerprint density at radius 3 is 2.67 bits per heavy atom. The van der Waals surface area contributed by atoms with Gasteiger partial charge in [-0.1, -0.05) is 35.9 Å². The van der Waals surface area contributed by atoms with Crippen molar-refractivity contribution in [3.8, 4) is 0 Å². The molecule has 0 spiro atoms. The average molecular weight is 385 g/mol. The molecule has 2 aromatic rings. The first kappa shape index (κ1) is 18.2. The van der Waals surface area contributed by atoms with Gasteiger partial charge >= 0.3 is 0 Å². The number of ether oxygens (including phenoxy) is 2. The van der Waals surface area contributed by atoms with Crippen LogP contribution in [0.15, 0.2) is 42.5 Å². The fourth-order valence-electron chi connectivity index (χ4n) is 3.67. The lowest BCUT2D eigenvalue weighted by molar-refractivity contribution is -0.168. The smallest absolute Gasteiger partial charge is 0.258 e. The number of halogens is 1. The number of amides is 1. The summed E-state index contributed by atoms with van der Waals surface area (Å²) in [7, 11) is 1.77. The Bertz CT molecular complexity index is 919. The van der Waals surface area contributed by atoms with Gasteiger partial charge in [-0.2, -0.15) is 0 Å². The number of anilines is 1. The molecule has 2 heterocycles. The third-order valence-electron chi connectivity index (χ3n) is 5.06. The predicted molar refractivity (Wildman–Crippen MR) is 106 cm³/mol. The zero-order valence-electron chi connectivity index (χ0n) is 15.1. The zero-order valence-corrected chi connectivity index (χ0v) is 15.8. The summed E-state index contributed by atoms with van der Waals surface area (Å²) in [6, 6.07) is 13.3. The monoisotopic (exact) mass is 384 g/mol. The minimum absolute atomic E-state index is 0.0665. The van der Waals surface area contributed by atoms with Gasteiger partial charge in [-0.3, -0.25) is 4.79 Å². The molecule has 0 aromatic heterocycles. The SMILES string of the molecule is CN1C(=O)/C(=C\c2ccccc2Cl)c2cc(C3(CCN)OCCO3)ccc21. The fourth-order valence-corrected chi connectivity index (χ4v) is 3.86. The van der Waals surface area contributed by atoms with Gasteiger partial charge in [0.05, 0.1) is 18.9 Å². The number of fused-ring (bicyclic) bond motifs is 1. The molecule has 0 saturated carbocycles. The van der Waals surface area contributed by atoms with Gasteiger partial charge in [-0.25, -0.2) is 0 Å². The summed E-state index contributed by atoms with van der Waals surface area (Å²) in [5.41, 5.74) is 9.76. The number of likely N-dealkylation sites (N-methyl/N-ethyl adjacent to an activating group) is 1. The summed E-state index contributed by atoms with van der Waals surface area (Å²) in [4.78, 5) is 14.5. The highest BCUT2D eigenvalue weighted by molar-refractivity contribution is 6.37. The summed E-state index contributed by atoms with van der Waals surface area (Å²) in [5.74, 6) is -0.910. The summed E-state index contributed by atoms with van der Waals surface area (Å²) >= 11 is 6.29. The highest BCUT2D eigenvalue weighted by Gasteiger charge is 2.40. The van der Waals surface area contributed by atoms with Gasteiger partial charge in [0.2, 0.25) is 0 Å². The first-order valence-corrected chi connectivity index (χ1v) is 9.31. The zero-order chi connectivity index (χ0) is 19.0. The van der Waals surface area contributed by atoms with Crippen LogP contribution in [0.3, 0.4) is 0 Å². The maximum atomic E-state index is 12.8. The van der Waals surface area contributed by atoms with E-state index in [0.29, 0.717) is 36.8 Å². The van der Waals surface area contributed by atoms with E-state index in [0.717, 1.165) is 22.4 Å². The van der Waals surface area contributed by atoms with Crippen LogP contribution in [0.1, 0.15) is 23.1 Å². The number of nitrogens with two attached hydrogens (primary N) is 1. The molecule has 2 aliphatic rings. The van der Waals surface area contributed by atoms with Crippen LogP contribution >= 0.6 is 11.6 Å². The molecule has 0 unspecified atom stereocenters. The topological polar surface area (TPSA) is 64.8 Å². The third-order valence-corrected chi connectivity index (χ3v) is 5.40. The number of rotatable bonds is 4. The Balaban J connectivity index is 1.83. The van der Waals surface area contributed by atoms with E-state index < -0.39 is 5.79 Å². The van der Waals surface area contributed by atoms with Crippen LogP contribution in [0.5, 0.6) is 0 Å². The van der Waals surface area contributed by atoms with Crippen LogP contribution in [-0.4, -0.2) is 32.7 Å². The van der Waals surface area contributed by atoms with E-state index >= 15 is 0 Å². The molecule has 2 aromatic carbocycles. The van der Waals surface area contributed by atoms with Crippen LogP contribution in [0.25, 0.3) is 11.6 Å². The van der Waals surface area contributed by atoms with Crippen molar-refractivity contribution in [2.45, 2.75) is 12.2 Å². The van der Waals surface area contributed by atoms with Gasteiger partial charge in [-0.05, 0) is 36.4 Å². The molecule has 0 bridgehead atoms. The number of hydrogen-bond acceptors (Lipinski definition) is 4. The molecule has 140 valence electrons. The van der Waals surface area contributed by atoms with E-state index in [1.165, 1.54) is 0 Å². The van der Waals surface area contributed by atoms with Gasteiger partial charge in [-0.15, -0.1) is 0 Å². The Hall–Kier alpha value is -2.18. The van der Waals surface area contributed by atoms with Crippen LogP contribution in [0, 0.1) is 0 Å². The Kier molecular flexibility index (Phi) is 4.78. The van der Waals surface area contributed by atoms with Crippen molar-refractivity contribution in [3.05, 3.63) is 64.2 Å². The summed E-state index contributed by atoms with van der Waals surface area (Å²) < 4.78 is 11.8. The fraction of sp³-hybridized carbons (Fsp3) is 0.286. The van der Waals surface area contributed by atoms with Crippen molar-refractivity contribution >= 4 is 34.8 Å². The lowest BCUT2D eigenvalue weighted by atomic mass is 9.96. The van der Waals surface area contributed by atoms with Gasteiger partial charge in [0.1, 0.15) is 0 Å². The van der Waals surface area contributed by atoms with Crippen LogP contribution in [0.4, 0.5) is 5.69 Å². The highest BCUT2D eigenvalue weighted by atomic mass is 35.5. The summed E-state index contributed by atoms with van der Waals surface area (Å²) in [6.45, 7) is 1.49. The van der Waals surface area contributed by atoms with Crippen molar-refractivity contribution in [3.63, 3.8) is 0 Å². The number of hydrogen-bond donors (Lipinski definition) is 1. The van der Waals surface area contributed by atoms with Gasteiger partial charge in [0.25, 0.3) is 5.91 Å². The molecule has 1 fully saturated rings. The second kappa shape index (κ2) is 7.09. The maximum Gasteiger partial charge on any atom is 0.258 e. The minimum atomic E-state index is -0.844. The first-order chi connectivity index (χ1) is 13.1. The van der Waals surface area contributed by atoms with E-state index in [1.54, 1.807) is 11.9 Å². The van der Waals surface area contributed by atoms with Crippen molar-refractivity contribution in [2.24, 2.45) is 5.73 Å². The predicted octanol–water partition coefficient (Wildman–Crippen LogP) is 3.41. The average Bonchev–Trinajstić information content (AvgIpc) is 3.24. The minimum Gasteiger partial charge on any atom is -0.343 e. The lowest BCUT2D eigenvalue weighted by Crippen LogP contribution is -2.30. The normalized spacial score (nSPS) is 19.7. The van der Waals surface area contributed by atoms with E-state index in [1.807, 2.05) is 48.5 Å². The van der Waals surface area contributed by atoms with Gasteiger partial charge in [0, 0.05) is 35.2 Å². The van der Waals surface area contributed by atoms with Crippen LogP contribution < -0.4 is 10.6 Å². The summed E-state index contributed by atoms with van der Waals surface area (Å²) in [6.07, 6.45) is 2.39. The first-order valence-electron chi connectivity index (χ1n) is 8.93. The largest absolute Gasteiger partial charge is 0.343 e. The highest BCUT2D eigenvalue weighted by Crippen LogP contribution is 2.42. The Morgan fingerprint density at radius 2 is 1.96 bits per heavy atom. The molecule has 0 atom stereocenters. The molecule has 27 heavy (non-hydrogen) atoms.